The average Bonchev–Trinajstić information content (AvgIpc) is 3.18. The van der Waals surface area contributed by atoms with Crippen LogP contribution >= 0.6 is 0 Å². The van der Waals surface area contributed by atoms with Gasteiger partial charge in [0, 0.05) is 32.7 Å². The molecular weight excluding hydrogens is 432 g/mol. The maximum atomic E-state index is 12.8. The third-order valence-corrected chi connectivity index (χ3v) is 7.35. The minimum atomic E-state index is -3.52. The van der Waals surface area contributed by atoms with E-state index in [9.17, 15) is 13.2 Å². The van der Waals surface area contributed by atoms with E-state index in [2.05, 4.69) is 20.4 Å². The number of H-pyrrole nitrogens is 1. The molecule has 11 heteroatoms. The largest absolute Gasteiger partial charge is 0.486 e. The van der Waals surface area contributed by atoms with Gasteiger partial charge in [0.05, 0.1) is 10.6 Å². The lowest BCUT2D eigenvalue weighted by Gasteiger charge is -2.26. The summed E-state index contributed by atoms with van der Waals surface area (Å²) in [5.41, 5.74) is 1.56. The van der Waals surface area contributed by atoms with Gasteiger partial charge in [-0.2, -0.15) is 9.40 Å². The summed E-state index contributed by atoms with van der Waals surface area (Å²) in [4.78, 5) is 20.2. The predicted octanol–water partition coefficient (Wildman–Crippen LogP) is 1.44. The number of piperazine rings is 1. The molecule has 0 aliphatic carbocycles. The third-order valence-electron chi connectivity index (χ3n) is 5.43. The second kappa shape index (κ2) is 9.00. The SMILES string of the molecule is CCn1nc(C(C)C)c2nc(COc3ccc(S(=O)(=O)N4CCNCC4)cc3)[nH]c(=O)c21. The molecule has 0 saturated carbocycles. The van der Waals surface area contributed by atoms with E-state index in [1.807, 2.05) is 20.8 Å². The van der Waals surface area contributed by atoms with Crippen LogP contribution in [0.2, 0.25) is 0 Å². The van der Waals surface area contributed by atoms with Crippen molar-refractivity contribution in [1.29, 1.82) is 0 Å². The highest BCUT2D eigenvalue weighted by molar-refractivity contribution is 7.89. The van der Waals surface area contributed by atoms with E-state index >= 15 is 0 Å². The Morgan fingerprint density at radius 3 is 2.47 bits per heavy atom. The Labute approximate surface area is 186 Å². The zero-order valence-electron chi connectivity index (χ0n) is 18.5. The number of sulfonamides is 1. The summed E-state index contributed by atoms with van der Waals surface area (Å²) in [6.07, 6.45) is 0. The number of nitrogens with zero attached hydrogens (tertiary/aromatic N) is 4. The molecule has 10 nitrogen and oxygen atoms in total. The second-order valence-corrected chi connectivity index (χ2v) is 9.92. The van der Waals surface area contributed by atoms with Crippen LogP contribution in [0, 0.1) is 0 Å². The van der Waals surface area contributed by atoms with Gasteiger partial charge in [-0.25, -0.2) is 13.4 Å². The monoisotopic (exact) mass is 460 g/mol. The first-order valence-electron chi connectivity index (χ1n) is 10.7. The lowest BCUT2D eigenvalue weighted by atomic mass is 10.1. The number of ether oxygens (including phenoxy) is 1. The highest BCUT2D eigenvalue weighted by Gasteiger charge is 2.25. The van der Waals surface area contributed by atoms with E-state index in [0.29, 0.717) is 55.3 Å². The topological polar surface area (TPSA) is 122 Å². The summed E-state index contributed by atoms with van der Waals surface area (Å²) in [5, 5.41) is 7.67. The zero-order chi connectivity index (χ0) is 22.9. The van der Waals surface area contributed by atoms with Crippen molar-refractivity contribution in [2.24, 2.45) is 0 Å². The van der Waals surface area contributed by atoms with E-state index in [-0.39, 0.29) is 23.0 Å². The molecule has 1 fully saturated rings. The molecule has 1 aliphatic heterocycles. The van der Waals surface area contributed by atoms with Gasteiger partial charge in [0.25, 0.3) is 5.56 Å². The molecule has 2 aromatic heterocycles. The van der Waals surface area contributed by atoms with Gasteiger partial charge in [0.2, 0.25) is 10.0 Å². The highest BCUT2D eigenvalue weighted by atomic mass is 32.2. The first kappa shape index (κ1) is 22.4. The van der Waals surface area contributed by atoms with Crippen LogP contribution in [0.1, 0.15) is 38.2 Å². The number of nitrogens with one attached hydrogen (secondary N) is 2. The molecule has 0 atom stereocenters. The van der Waals surface area contributed by atoms with Gasteiger partial charge in [-0.15, -0.1) is 0 Å². The summed E-state index contributed by atoms with van der Waals surface area (Å²) in [7, 11) is -3.52. The van der Waals surface area contributed by atoms with Crippen molar-refractivity contribution in [2.45, 2.75) is 44.7 Å². The maximum Gasteiger partial charge on any atom is 0.277 e. The molecular formula is C21H28N6O4S. The molecule has 1 saturated heterocycles. The zero-order valence-corrected chi connectivity index (χ0v) is 19.3. The lowest BCUT2D eigenvalue weighted by molar-refractivity contribution is 0.295. The fourth-order valence-electron chi connectivity index (χ4n) is 3.74. The molecule has 1 aliphatic rings. The van der Waals surface area contributed by atoms with E-state index < -0.39 is 10.0 Å². The quantitative estimate of drug-likeness (QED) is 0.547. The van der Waals surface area contributed by atoms with Crippen LogP contribution in [0.5, 0.6) is 5.75 Å². The molecule has 32 heavy (non-hydrogen) atoms. The van der Waals surface area contributed by atoms with Crippen molar-refractivity contribution in [2.75, 3.05) is 26.2 Å². The van der Waals surface area contributed by atoms with Crippen LogP contribution < -0.4 is 15.6 Å². The van der Waals surface area contributed by atoms with Crippen molar-refractivity contribution < 1.29 is 13.2 Å². The van der Waals surface area contributed by atoms with Crippen LogP contribution in [-0.4, -0.2) is 58.7 Å². The fraction of sp³-hybridized carbons (Fsp3) is 0.476. The van der Waals surface area contributed by atoms with Crippen LogP contribution in [0.15, 0.2) is 34.0 Å². The minimum absolute atomic E-state index is 0.0455. The Hall–Kier alpha value is -2.76. The minimum Gasteiger partial charge on any atom is -0.486 e. The first-order valence-corrected chi connectivity index (χ1v) is 12.2. The maximum absolute atomic E-state index is 12.8. The van der Waals surface area contributed by atoms with Gasteiger partial charge in [-0.05, 0) is 37.1 Å². The number of fused-ring (bicyclic) bond motifs is 1. The summed E-state index contributed by atoms with van der Waals surface area (Å²) in [5.74, 6) is 0.997. The molecule has 3 aromatic rings. The van der Waals surface area contributed by atoms with E-state index in [0.717, 1.165) is 5.69 Å². The second-order valence-electron chi connectivity index (χ2n) is 7.98. The molecule has 0 bridgehead atoms. The smallest absolute Gasteiger partial charge is 0.277 e. The van der Waals surface area contributed by atoms with Gasteiger partial charge in [-0.3, -0.25) is 9.48 Å². The number of aromatic nitrogens is 4. The highest BCUT2D eigenvalue weighted by Crippen LogP contribution is 2.22. The molecule has 1 aromatic carbocycles. The summed E-state index contributed by atoms with van der Waals surface area (Å²) < 4.78 is 34.4. The Kier molecular flexibility index (Phi) is 6.31. The fourth-order valence-corrected chi connectivity index (χ4v) is 5.18. The average molecular weight is 461 g/mol. The van der Waals surface area contributed by atoms with Crippen LogP contribution in [0.25, 0.3) is 11.0 Å². The normalized spacial score (nSPS) is 15.5. The van der Waals surface area contributed by atoms with Crippen LogP contribution in [0.4, 0.5) is 0 Å². The van der Waals surface area contributed by atoms with E-state index in [4.69, 9.17) is 4.74 Å². The molecule has 3 heterocycles. The molecule has 0 amide bonds. The van der Waals surface area contributed by atoms with E-state index in [1.165, 1.54) is 16.4 Å². The summed E-state index contributed by atoms with van der Waals surface area (Å²) in [6.45, 7) is 8.77. The summed E-state index contributed by atoms with van der Waals surface area (Å²) >= 11 is 0. The third kappa shape index (κ3) is 4.27. The van der Waals surface area contributed by atoms with Gasteiger partial charge < -0.3 is 15.0 Å². The molecule has 172 valence electrons. The Morgan fingerprint density at radius 2 is 1.84 bits per heavy atom. The molecule has 2 N–H and O–H groups in total. The molecule has 0 spiro atoms. The number of aryl methyl sites for hydroxylation is 1. The van der Waals surface area contributed by atoms with E-state index in [1.54, 1.807) is 16.8 Å². The molecule has 4 rings (SSSR count). The number of hydrogen-bond donors (Lipinski definition) is 2. The Morgan fingerprint density at radius 1 is 1.16 bits per heavy atom. The Bertz CT molecular complexity index is 1260. The van der Waals surface area contributed by atoms with Gasteiger partial charge in [0.1, 0.15) is 23.7 Å². The molecule has 0 radical (unpaired) electrons. The number of hydrogen-bond acceptors (Lipinski definition) is 7. The van der Waals surface area contributed by atoms with Gasteiger partial charge in [-0.1, -0.05) is 13.8 Å². The Balaban J connectivity index is 1.52. The van der Waals surface area contributed by atoms with Gasteiger partial charge >= 0.3 is 0 Å². The van der Waals surface area contributed by atoms with Crippen LogP contribution in [-0.2, 0) is 23.2 Å². The van der Waals surface area contributed by atoms with Crippen molar-refractivity contribution in [1.82, 2.24) is 29.4 Å². The lowest BCUT2D eigenvalue weighted by Crippen LogP contribution is -2.46. The first-order chi connectivity index (χ1) is 15.3. The van der Waals surface area contributed by atoms with Crippen molar-refractivity contribution in [3.05, 3.63) is 46.1 Å². The number of aromatic amines is 1. The van der Waals surface area contributed by atoms with Crippen molar-refractivity contribution >= 4 is 21.1 Å². The van der Waals surface area contributed by atoms with Gasteiger partial charge in [0.15, 0.2) is 5.52 Å². The standard InChI is InChI=1S/C21H28N6O4S/c1-4-27-20-19(18(25-27)14(2)3)23-17(24-21(20)28)13-31-15-5-7-16(8-6-15)32(29,30)26-11-9-22-10-12-26/h5-8,14,22H,4,9-13H2,1-3H3,(H,23,24,28). The summed E-state index contributed by atoms with van der Waals surface area (Å²) in [6, 6.07) is 6.29. The number of benzene rings is 1. The molecule has 0 unspecified atom stereocenters. The van der Waals surface area contributed by atoms with Crippen molar-refractivity contribution in [3.63, 3.8) is 0 Å². The number of rotatable bonds is 7. The van der Waals surface area contributed by atoms with Crippen molar-refractivity contribution in [3.8, 4) is 5.75 Å². The predicted molar refractivity (Wildman–Crippen MR) is 120 cm³/mol. The van der Waals surface area contributed by atoms with Crippen LogP contribution in [0.3, 0.4) is 0 Å².